The zero-order valence-electron chi connectivity index (χ0n) is 13.2. The van der Waals surface area contributed by atoms with Gasteiger partial charge in [0.15, 0.2) is 0 Å². The lowest BCUT2D eigenvalue weighted by molar-refractivity contribution is -0.151. The lowest BCUT2D eigenvalue weighted by atomic mass is 10.1. The van der Waals surface area contributed by atoms with Crippen LogP contribution in [0, 0.1) is 0 Å². The molecule has 0 atom stereocenters. The largest absolute Gasteiger partial charge is 0.459 e. The summed E-state index contributed by atoms with van der Waals surface area (Å²) < 4.78 is 5.26. The van der Waals surface area contributed by atoms with Crippen LogP contribution in [0.15, 0.2) is 60.7 Å². The van der Waals surface area contributed by atoms with Crippen molar-refractivity contribution >= 4 is 17.7 Å². The quantitative estimate of drug-likeness (QED) is 0.832. The van der Waals surface area contributed by atoms with Gasteiger partial charge in [0.1, 0.15) is 12.1 Å². The van der Waals surface area contributed by atoms with Crippen LogP contribution in [0.25, 0.3) is 0 Å². The molecule has 0 bridgehead atoms. The number of hydrogen-bond acceptors (Lipinski definition) is 3. The van der Waals surface area contributed by atoms with Crippen LogP contribution in [-0.4, -0.2) is 17.5 Å². The Morgan fingerprint density at radius 2 is 1.52 bits per heavy atom. The topological polar surface area (TPSA) is 67.4 Å². The Kier molecular flexibility index (Phi) is 5.36. The molecule has 2 aromatic carbocycles. The highest BCUT2D eigenvalue weighted by Gasteiger charge is 2.31. The van der Waals surface area contributed by atoms with Crippen LogP contribution in [0.1, 0.15) is 19.4 Å². The summed E-state index contributed by atoms with van der Waals surface area (Å²) in [4.78, 5) is 24.1. The second-order valence-corrected chi connectivity index (χ2v) is 5.63. The molecule has 0 fully saturated rings. The zero-order valence-corrected chi connectivity index (χ0v) is 13.2. The smallest absolute Gasteiger partial charge is 0.331 e. The van der Waals surface area contributed by atoms with Gasteiger partial charge >= 0.3 is 12.0 Å². The summed E-state index contributed by atoms with van der Waals surface area (Å²) in [5.41, 5.74) is 0.414. The van der Waals surface area contributed by atoms with Crippen molar-refractivity contribution in [3.05, 3.63) is 66.2 Å². The molecule has 0 aromatic heterocycles. The van der Waals surface area contributed by atoms with Crippen LogP contribution in [-0.2, 0) is 16.1 Å². The van der Waals surface area contributed by atoms with Crippen LogP contribution in [0.4, 0.5) is 10.5 Å². The molecular weight excluding hydrogens is 292 g/mol. The number of amides is 2. The minimum Gasteiger partial charge on any atom is -0.459 e. The molecule has 0 radical (unpaired) electrons. The molecule has 23 heavy (non-hydrogen) atoms. The van der Waals surface area contributed by atoms with E-state index in [9.17, 15) is 9.59 Å². The molecule has 0 aliphatic rings. The summed E-state index contributed by atoms with van der Waals surface area (Å²) in [7, 11) is 0. The number of anilines is 1. The Morgan fingerprint density at radius 1 is 0.957 bits per heavy atom. The van der Waals surface area contributed by atoms with E-state index in [-0.39, 0.29) is 6.61 Å². The minimum absolute atomic E-state index is 0.172. The van der Waals surface area contributed by atoms with Crippen molar-refractivity contribution in [1.82, 2.24) is 5.32 Å². The van der Waals surface area contributed by atoms with Crippen LogP contribution in [0.3, 0.4) is 0 Å². The fraction of sp³-hybridized carbons (Fsp3) is 0.222. The molecule has 0 aliphatic carbocycles. The van der Waals surface area contributed by atoms with Gasteiger partial charge in [0.05, 0.1) is 0 Å². The Labute approximate surface area is 135 Å². The van der Waals surface area contributed by atoms with Crippen molar-refractivity contribution in [2.45, 2.75) is 26.0 Å². The molecule has 5 heteroatoms. The number of carbonyl (C=O) groups is 2. The van der Waals surface area contributed by atoms with E-state index in [1.807, 2.05) is 48.5 Å². The van der Waals surface area contributed by atoms with E-state index in [0.29, 0.717) is 5.69 Å². The van der Waals surface area contributed by atoms with Crippen LogP contribution < -0.4 is 10.6 Å². The molecule has 5 nitrogen and oxygen atoms in total. The molecule has 2 N–H and O–H groups in total. The number of nitrogens with one attached hydrogen (secondary N) is 2. The predicted octanol–water partition coefficient (Wildman–Crippen LogP) is 3.33. The molecule has 0 aliphatic heterocycles. The van der Waals surface area contributed by atoms with Gasteiger partial charge in [-0.05, 0) is 31.5 Å². The first kappa shape index (κ1) is 16.5. The summed E-state index contributed by atoms with van der Waals surface area (Å²) in [6.07, 6.45) is 0. The van der Waals surface area contributed by atoms with Gasteiger partial charge in [-0.2, -0.15) is 0 Å². The van der Waals surface area contributed by atoms with Crippen LogP contribution in [0.5, 0.6) is 0 Å². The maximum absolute atomic E-state index is 12.2. The van der Waals surface area contributed by atoms with Gasteiger partial charge in [-0.3, -0.25) is 0 Å². The Balaban J connectivity index is 1.87. The SMILES string of the molecule is CC(C)(NC(=O)Nc1ccccc1)C(=O)OCc1ccccc1. The van der Waals surface area contributed by atoms with Gasteiger partial charge < -0.3 is 15.4 Å². The summed E-state index contributed by atoms with van der Waals surface area (Å²) in [5.74, 6) is -0.496. The fourth-order valence-electron chi connectivity index (χ4n) is 1.92. The third-order valence-corrected chi connectivity index (χ3v) is 3.18. The zero-order chi connectivity index (χ0) is 16.7. The van der Waals surface area contributed by atoms with E-state index in [1.165, 1.54) is 0 Å². The average molecular weight is 312 g/mol. The van der Waals surface area contributed by atoms with Gasteiger partial charge in [0, 0.05) is 5.69 Å². The fourth-order valence-corrected chi connectivity index (χ4v) is 1.92. The Bertz CT molecular complexity index is 654. The van der Waals surface area contributed by atoms with E-state index in [1.54, 1.807) is 26.0 Å². The first-order valence-corrected chi connectivity index (χ1v) is 7.33. The van der Waals surface area contributed by atoms with E-state index in [2.05, 4.69) is 10.6 Å². The van der Waals surface area contributed by atoms with Crippen molar-refractivity contribution in [2.75, 3.05) is 5.32 Å². The van der Waals surface area contributed by atoms with Crippen LogP contribution in [0.2, 0.25) is 0 Å². The molecule has 2 amide bonds. The highest BCUT2D eigenvalue weighted by molar-refractivity contribution is 5.93. The van der Waals surface area contributed by atoms with E-state index in [0.717, 1.165) is 5.56 Å². The Hall–Kier alpha value is -2.82. The molecule has 120 valence electrons. The number of esters is 1. The second-order valence-electron chi connectivity index (χ2n) is 5.63. The summed E-state index contributed by atoms with van der Waals surface area (Å²) in [5, 5.41) is 5.29. The normalized spacial score (nSPS) is 10.7. The number of benzene rings is 2. The Morgan fingerprint density at radius 3 is 2.13 bits per heavy atom. The number of urea groups is 1. The minimum atomic E-state index is -1.13. The first-order chi connectivity index (χ1) is 11.0. The van der Waals surface area contributed by atoms with E-state index < -0.39 is 17.5 Å². The molecule has 0 saturated heterocycles. The molecular formula is C18H20N2O3. The molecule has 0 saturated carbocycles. The van der Waals surface area contributed by atoms with E-state index >= 15 is 0 Å². The van der Waals surface area contributed by atoms with E-state index in [4.69, 9.17) is 4.74 Å². The average Bonchev–Trinajstić information content (AvgIpc) is 2.54. The lowest BCUT2D eigenvalue weighted by Crippen LogP contribution is -2.52. The summed E-state index contributed by atoms with van der Waals surface area (Å²) in [6, 6.07) is 17.9. The predicted molar refractivity (Wildman–Crippen MR) is 88.9 cm³/mol. The van der Waals surface area contributed by atoms with Gasteiger partial charge in [0.25, 0.3) is 0 Å². The van der Waals surface area contributed by atoms with Gasteiger partial charge in [-0.25, -0.2) is 9.59 Å². The summed E-state index contributed by atoms with van der Waals surface area (Å²) >= 11 is 0. The maximum Gasteiger partial charge on any atom is 0.331 e. The van der Waals surface area contributed by atoms with Crippen LogP contribution >= 0.6 is 0 Å². The third kappa shape index (κ3) is 5.14. The molecule has 0 unspecified atom stereocenters. The first-order valence-electron chi connectivity index (χ1n) is 7.33. The molecule has 2 aromatic rings. The van der Waals surface area contributed by atoms with Crippen molar-refractivity contribution in [1.29, 1.82) is 0 Å². The number of hydrogen-bond donors (Lipinski definition) is 2. The van der Waals surface area contributed by atoms with Crippen molar-refractivity contribution in [3.8, 4) is 0 Å². The lowest BCUT2D eigenvalue weighted by Gasteiger charge is -2.24. The van der Waals surface area contributed by atoms with Gasteiger partial charge in [-0.15, -0.1) is 0 Å². The maximum atomic E-state index is 12.2. The second kappa shape index (κ2) is 7.45. The molecule has 0 spiro atoms. The third-order valence-electron chi connectivity index (χ3n) is 3.18. The van der Waals surface area contributed by atoms with Crippen molar-refractivity contribution < 1.29 is 14.3 Å². The number of para-hydroxylation sites is 1. The monoisotopic (exact) mass is 312 g/mol. The van der Waals surface area contributed by atoms with Gasteiger partial charge in [-0.1, -0.05) is 48.5 Å². The molecule has 0 heterocycles. The number of rotatable bonds is 5. The van der Waals surface area contributed by atoms with Crippen molar-refractivity contribution in [3.63, 3.8) is 0 Å². The number of carbonyl (C=O) groups excluding carboxylic acids is 2. The number of ether oxygens (including phenoxy) is 1. The highest BCUT2D eigenvalue weighted by atomic mass is 16.5. The summed E-state index contributed by atoms with van der Waals surface area (Å²) in [6.45, 7) is 3.38. The van der Waals surface area contributed by atoms with Crippen molar-refractivity contribution in [2.24, 2.45) is 0 Å². The highest BCUT2D eigenvalue weighted by Crippen LogP contribution is 2.10. The van der Waals surface area contributed by atoms with Gasteiger partial charge in [0.2, 0.25) is 0 Å². The molecule has 2 rings (SSSR count). The standard InChI is InChI=1S/C18H20N2O3/c1-18(2,16(21)23-13-14-9-5-3-6-10-14)20-17(22)19-15-11-7-4-8-12-15/h3-12H,13H2,1-2H3,(H2,19,20,22).